The van der Waals surface area contributed by atoms with Crippen LogP contribution in [0.25, 0.3) is 16.8 Å². The summed E-state index contributed by atoms with van der Waals surface area (Å²) in [6.07, 6.45) is 2.70. The van der Waals surface area contributed by atoms with Gasteiger partial charge in [0.1, 0.15) is 0 Å². The van der Waals surface area contributed by atoms with E-state index in [4.69, 9.17) is 0 Å². The van der Waals surface area contributed by atoms with Crippen LogP contribution >= 0.6 is 0 Å². The Morgan fingerprint density at radius 1 is 0.969 bits per heavy atom. The molecule has 3 aromatic rings. The van der Waals surface area contributed by atoms with Gasteiger partial charge in [0.25, 0.3) is 0 Å². The van der Waals surface area contributed by atoms with Crippen LogP contribution in [-0.2, 0) is 21.4 Å². The van der Waals surface area contributed by atoms with Crippen LogP contribution in [0.5, 0.6) is 0 Å². The Morgan fingerprint density at radius 3 is 2.34 bits per heavy atom. The van der Waals surface area contributed by atoms with Crippen molar-refractivity contribution in [1.82, 2.24) is 9.21 Å². The summed E-state index contributed by atoms with van der Waals surface area (Å²) in [4.78, 5) is 14.7. The monoisotopic (exact) mass is 448 g/mol. The summed E-state index contributed by atoms with van der Waals surface area (Å²) in [5, 5.41) is 3.60. The first-order valence-corrected chi connectivity index (χ1v) is 12.4. The summed E-state index contributed by atoms with van der Waals surface area (Å²) in [5.41, 5.74) is 1.93. The van der Waals surface area contributed by atoms with E-state index in [2.05, 4.69) is 30.3 Å². The quantitative estimate of drug-likeness (QED) is 0.557. The molecule has 0 radical (unpaired) electrons. The van der Waals surface area contributed by atoms with Crippen molar-refractivity contribution in [2.24, 2.45) is 5.92 Å². The number of carbonyl (C=O) groups is 1. The molecule has 0 saturated carbocycles. The molecule has 0 aliphatic carbocycles. The van der Waals surface area contributed by atoms with Gasteiger partial charge in [-0.2, -0.15) is 4.31 Å². The van der Waals surface area contributed by atoms with Crippen molar-refractivity contribution >= 4 is 32.8 Å². The molecule has 6 heteroatoms. The highest BCUT2D eigenvalue weighted by molar-refractivity contribution is 7.92. The van der Waals surface area contributed by atoms with Crippen LogP contribution in [0.2, 0.25) is 0 Å². The van der Waals surface area contributed by atoms with E-state index in [0.717, 1.165) is 16.5 Å². The molecule has 1 saturated heterocycles. The van der Waals surface area contributed by atoms with Crippen molar-refractivity contribution < 1.29 is 13.2 Å². The molecule has 0 N–H and O–H groups in total. The van der Waals surface area contributed by atoms with Gasteiger partial charge in [-0.3, -0.25) is 4.79 Å². The van der Waals surface area contributed by atoms with Crippen LogP contribution < -0.4 is 0 Å². The van der Waals surface area contributed by atoms with Gasteiger partial charge in [0.15, 0.2) is 0 Å². The highest BCUT2D eigenvalue weighted by Gasteiger charge is 2.31. The third kappa shape index (κ3) is 5.26. The summed E-state index contributed by atoms with van der Waals surface area (Å²) in [6.45, 7) is 1.27. The molecule has 0 atom stereocenters. The maximum Gasteiger partial charge on any atom is 0.236 e. The molecule has 0 spiro atoms. The van der Waals surface area contributed by atoms with Gasteiger partial charge in [-0.25, -0.2) is 8.42 Å². The van der Waals surface area contributed by atoms with E-state index >= 15 is 0 Å². The first-order valence-electron chi connectivity index (χ1n) is 10.9. The van der Waals surface area contributed by atoms with Gasteiger partial charge in [0.2, 0.25) is 15.9 Å². The first kappa shape index (κ1) is 22.2. The maximum atomic E-state index is 13.0. The SMILES string of the molecule is CN(Cc1ccc2ccccc2c1)C(=O)C1CCN(S(=O)(=O)/C=C/c2ccccc2)CC1. The molecule has 1 aliphatic heterocycles. The fourth-order valence-electron chi connectivity index (χ4n) is 4.17. The van der Waals surface area contributed by atoms with Gasteiger partial charge in [0.05, 0.1) is 0 Å². The largest absolute Gasteiger partial charge is 0.341 e. The molecule has 3 aromatic carbocycles. The van der Waals surface area contributed by atoms with Crippen LogP contribution in [-0.4, -0.2) is 43.7 Å². The lowest BCUT2D eigenvalue weighted by Gasteiger charge is -2.32. The molecule has 1 amide bonds. The first-order chi connectivity index (χ1) is 15.4. The Bertz CT molecular complexity index is 1210. The Morgan fingerprint density at radius 2 is 1.62 bits per heavy atom. The van der Waals surface area contributed by atoms with E-state index in [-0.39, 0.29) is 11.8 Å². The Hall–Kier alpha value is -2.96. The van der Waals surface area contributed by atoms with E-state index < -0.39 is 10.0 Å². The number of benzene rings is 3. The third-order valence-corrected chi connectivity index (χ3v) is 7.57. The number of rotatable bonds is 6. The average molecular weight is 449 g/mol. The smallest absolute Gasteiger partial charge is 0.236 e. The molecule has 5 nitrogen and oxygen atoms in total. The highest BCUT2D eigenvalue weighted by Crippen LogP contribution is 2.24. The van der Waals surface area contributed by atoms with Crippen LogP contribution in [0.3, 0.4) is 0 Å². The predicted octanol–water partition coefficient (Wildman–Crippen LogP) is 4.51. The summed E-state index contributed by atoms with van der Waals surface area (Å²) < 4.78 is 26.8. The van der Waals surface area contributed by atoms with Crippen molar-refractivity contribution in [1.29, 1.82) is 0 Å². The Labute approximate surface area is 190 Å². The number of sulfonamides is 1. The van der Waals surface area contributed by atoms with Gasteiger partial charge in [0, 0.05) is 38.0 Å². The molecule has 1 fully saturated rings. The number of carbonyl (C=O) groups excluding carboxylic acids is 1. The van der Waals surface area contributed by atoms with Gasteiger partial charge in [-0.05, 0) is 46.9 Å². The molecule has 0 unspecified atom stereocenters. The number of amides is 1. The topological polar surface area (TPSA) is 57.7 Å². The molecule has 0 bridgehead atoms. The molecular weight excluding hydrogens is 420 g/mol. The average Bonchev–Trinajstić information content (AvgIpc) is 2.83. The van der Waals surface area contributed by atoms with E-state index in [9.17, 15) is 13.2 Å². The van der Waals surface area contributed by atoms with Crippen LogP contribution in [0.15, 0.2) is 78.2 Å². The van der Waals surface area contributed by atoms with Crippen molar-refractivity contribution in [3.8, 4) is 0 Å². The van der Waals surface area contributed by atoms with Crippen molar-refractivity contribution in [3.05, 3.63) is 89.3 Å². The van der Waals surface area contributed by atoms with E-state index in [1.54, 1.807) is 11.0 Å². The third-order valence-electron chi connectivity index (χ3n) is 6.00. The van der Waals surface area contributed by atoms with Crippen molar-refractivity contribution in [2.45, 2.75) is 19.4 Å². The predicted molar refractivity (Wildman–Crippen MR) is 129 cm³/mol. The number of piperidine rings is 1. The highest BCUT2D eigenvalue weighted by atomic mass is 32.2. The minimum Gasteiger partial charge on any atom is -0.341 e. The second kappa shape index (κ2) is 9.67. The lowest BCUT2D eigenvalue weighted by atomic mass is 9.96. The Balaban J connectivity index is 1.33. The molecular formula is C26H28N2O3S. The van der Waals surface area contributed by atoms with Crippen molar-refractivity contribution in [3.63, 3.8) is 0 Å². The van der Waals surface area contributed by atoms with Crippen LogP contribution in [0.1, 0.15) is 24.0 Å². The maximum absolute atomic E-state index is 13.0. The van der Waals surface area contributed by atoms with Crippen molar-refractivity contribution in [2.75, 3.05) is 20.1 Å². The number of hydrogen-bond acceptors (Lipinski definition) is 3. The molecule has 1 aliphatic rings. The second-order valence-electron chi connectivity index (χ2n) is 8.31. The van der Waals surface area contributed by atoms with E-state index in [0.29, 0.717) is 32.5 Å². The molecule has 4 rings (SSSR count). The normalized spacial score (nSPS) is 15.9. The Kier molecular flexibility index (Phi) is 6.72. The summed E-state index contributed by atoms with van der Waals surface area (Å²) in [5.74, 6) is -0.0694. The van der Waals surface area contributed by atoms with Crippen LogP contribution in [0, 0.1) is 5.92 Å². The minimum absolute atomic E-state index is 0.0787. The standard InChI is InChI=1S/C26H28N2O3S/c1-27(20-22-11-12-23-9-5-6-10-25(23)19-22)26(29)24-13-16-28(17-14-24)32(30,31)18-15-21-7-3-2-4-8-21/h2-12,15,18-19,24H,13-14,16-17,20H2,1H3/b18-15+. The van der Waals surface area contributed by atoms with Gasteiger partial charge < -0.3 is 4.90 Å². The zero-order valence-corrected chi connectivity index (χ0v) is 19.0. The summed E-state index contributed by atoms with van der Waals surface area (Å²) in [6, 6.07) is 23.8. The van der Waals surface area contributed by atoms with E-state index in [1.807, 2.05) is 49.5 Å². The zero-order valence-electron chi connectivity index (χ0n) is 18.2. The molecule has 166 valence electrons. The van der Waals surface area contributed by atoms with Gasteiger partial charge in [-0.1, -0.05) is 66.7 Å². The number of nitrogens with zero attached hydrogens (tertiary/aromatic N) is 2. The fourth-order valence-corrected chi connectivity index (χ4v) is 5.39. The fraction of sp³-hybridized carbons (Fsp3) is 0.269. The lowest BCUT2D eigenvalue weighted by Crippen LogP contribution is -2.42. The minimum atomic E-state index is -3.49. The van der Waals surface area contributed by atoms with E-state index in [1.165, 1.54) is 15.1 Å². The number of fused-ring (bicyclic) bond motifs is 1. The molecule has 0 aromatic heterocycles. The second-order valence-corrected chi connectivity index (χ2v) is 10.1. The summed E-state index contributed by atoms with van der Waals surface area (Å²) in [7, 11) is -1.67. The van der Waals surface area contributed by atoms with Gasteiger partial charge >= 0.3 is 0 Å². The molecule has 32 heavy (non-hydrogen) atoms. The summed E-state index contributed by atoms with van der Waals surface area (Å²) >= 11 is 0. The van der Waals surface area contributed by atoms with Gasteiger partial charge in [-0.15, -0.1) is 0 Å². The lowest BCUT2D eigenvalue weighted by molar-refractivity contribution is -0.135. The zero-order chi connectivity index (χ0) is 22.6. The number of hydrogen-bond donors (Lipinski definition) is 0. The molecule has 1 heterocycles. The van der Waals surface area contributed by atoms with Crippen LogP contribution in [0.4, 0.5) is 0 Å².